The summed E-state index contributed by atoms with van der Waals surface area (Å²) in [4.78, 5) is 0. The summed E-state index contributed by atoms with van der Waals surface area (Å²) in [5.41, 5.74) is 5.08. The van der Waals surface area contributed by atoms with Gasteiger partial charge in [0.1, 0.15) is 21.8 Å². The molecular weight excluding hydrogens is 402 g/mol. The molecule has 1 heterocycles. The van der Waals surface area contributed by atoms with Crippen molar-refractivity contribution in [2.24, 2.45) is 5.14 Å². The molecular formula is C21H21N5OS2. The van der Waals surface area contributed by atoms with Gasteiger partial charge in [-0.25, -0.2) is 4.72 Å². The minimum absolute atomic E-state index is 0.0113. The third-order valence-corrected chi connectivity index (χ3v) is 6.27. The standard InChI is InChI=1S/C21H21N5OS2/c1-12(2)27-19-9-6-13(10-14(19)11-22)20-24-25-21(28-20)17-5-3-4-16-15(17)7-8-18(16)26-29-23/h3-6,9-10,12,18,26H,7-8,23H2,1-2H3. The van der Waals surface area contributed by atoms with E-state index in [1.807, 2.05) is 32.0 Å². The van der Waals surface area contributed by atoms with Gasteiger partial charge in [-0.2, -0.15) is 5.26 Å². The van der Waals surface area contributed by atoms with Crippen LogP contribution in [0.25, 0.3) is 21.1 Å². The van der Waals surface area contributed by atoms with Crippen molar-refractivity contribution in [3.63, 3.8) is 0 Å². The maximum atomic E-state index is 9.48. The zero-order chi connectivity index (χ0) is 20.4. The maximum Gasteiger partial charge on any atom is 0.148 e. The second-order valence-electron chi connectivity index (χ2n) is 7.10. The van der Waals surface area contributed by atoms with Crippen LogP contribution >= 0.6 is 23.5 Å². The van der Waals surface area contributed by atoms with Crippen molar-refractivity contribution >= 4 is 23.5 Å². The average molecular weight is 424 g/mol. The molecule has 1 atom stereocenters. The first-order chi connectivity index (χ1) is 14.1. The zero-order valence-corrected chi connectivity index (χ0v) is 17.8. The lowest BCUT2D eigenvalue weighted by atomic mass is 10.0. The van der Waals surface area contributed by atoms with Gasteiger partial charge >= 0.3 is 0 Å². The van der Waals surface area contributed by atoms with Gasteiger partial charge in [-0.05, 0) is 56.0 Å². The second kappa shape index (κ2) is 8.51. The summed E-state index contributed by atoms with van der Waals surface area (Å²) >= 11 is 2.70. The van der Waals surface area contributed by atoms with Crippen LogP contribution in [0.5, 0.6) is 5.75 Å². The van der Waals surface area contributed by atoms with Crippen LogP contribution in [-0.4, -0.2) is 16.3 Å². The van der Waals surface area contributed by atoms with Gasteiger partial charge in [0.05, 0.1) is 11.7 Å². The Kier molecular flexibility index (Phi) is 5.83. The van der Waals surface area contributed by atoms with E-state index in [1.54, 1.807) is 0 Å². The molecule has 1 unspecified atom stereocenters. The van der Waals surface area contributed by atoms with E-state index in [0.29, 0.717) is 11.3 Å². The molecule has 6 nitrogen and oxygen atoms in total. The quantitative estimate of drug-likeness (QED) is 0.558. The lowest BCUT2D eigenvalue weighted by Gasteiger charge is -2.11. The van der Waals surface area contributed by atoms with E-state index in [-0.39, 0.29) is 12.1 Å². The predicted molar refractivity (Wildman–Crippen MR) is 117 cm³/mol. The van der Waals surface area contributed by atoms with Crippen LogP contribution in [0.3, 0.4) is 0 Å². The summed E-state index contributed by atoms with van der Waals surface area (Å²) in [5, 5.41) is 25.6. The monoisotopic (exact) mass is 423 g/mol. The summed E-state index contributed by atoms with van der Waals surface area (Å²) in [5.74, 6) is 0.591. The first-order valence-corrected chi connectivity index (χ1v) is 11.1. The van der Waals surface area contributed by atoms with E-state index in [4.69, 9.17) is 9.88 Å². The van der Waals surface area contributed by atoms with Crippen molar-refractivity contribution in [2.45, 2.75) is 38.8 Å². The number of nitrogens with zero attached hydrogens (tertiary/aromatic N) is 3. The van der Waals surface area contributed by atoms with Gasteiger partial charge in [0, 0.05) is 29.3 Å². The molecule has 4 rings (SSSR count). The summed E-state index contributed by atoms with van der Waals surface area (Å²) in [6.45, 7) is 3.88. The van der Waals surface area contributed by atoms with Crippen LogP contribution in [0.15, 0.2) is 36.4 Å². The Morgan fingerprint density at radius 1 is 1.28 bits per heavy atom. The van der Waals surface area contributed by atoms with E-state index < -0.39 is 0 Å². The van der Waals surface area contributed by atoms with E-state index in [1.165, 1.54) is 22.5 Å². The molecule has 0 saturated carbocycles. The number of nitrogens with two attached hydrogens (primary N) is 1. The highest BCUT2D eigenvalue weighted by molar-refractivity contribution is 7.95. The van der Waals surface area contributed by atoms with Gasteiger partial charge in [0.25, 0.3) is 0 Å². The number of rotatable bonds is 6. The van der Waals surface area contributed by atoms with Crippen molar-refractivity contribution in [2.75, 3.05) is 0 Å². The molecule has 0 aliphatic heterocycles. The summed E-state index contributed by atoms with van der Waals surface area (Å²) < 4.78 is 8.97. The molecule has 0 fully saturated rings. The fourth-order valence-corrected chi connectivity index (χ4v) is 4.92. The molecule has 8 heteroatoms. The third-order valence-electron chi connectivity index (χ3n) is 4.85. The van der Waals surface area contributed by atoms with Crippen LogP contribution in [0, 0.1) is 11.3 Å². The minimum atomic E-state index is 0.0113. The van der Waals surface area contributed by atoms with Gasteiger partial charge in [-0.3, -0.25) is 5.14 Å². The Labute approximate surface area is 178 Å². The lowest BCUT2D eigenvalue weighted by molar-refractivity contribution is 0.242. The Morgan fingerprint density at radius 2 is 2.10 bits per heavy atom. The number of benzene rings is 2. The SMILES string of the molecule is CC(C)Oc1ccc(-c2nnc(-c3cccc4c3CCC4NSN)s2)cc1C#N. The number of nitriles is 1. The maximum absolute atomic E-state index is 9.48. The molecule has 0 radical (unpaired) electrons. The van der Waals surface area contributed by atoms with Crippen molar-refractivity contribution in [3.8, 4) is 33.0 Å². The van der Waals surface area contributed by atoms with Crippen LogP contribution in [-0.2, 0) is 6.42 Å². The van der Waals surface area contributed by atoms with Gasteiger partial charge < -0.3 is 4.74 Å². The molecule has 3 N–H and O–H groups in total. The average Bonchev–Trinajstić information content (AvgIpc) is 3.36. The van der Waals surface area contributed by atoms with Crippen molar-refractivity contribution in [1.82, 2.24) is 14.9 Å². The molecule has 1 aliphatic rings. The van der Waals surface area contributed by atoms with E-state index in [9.17, 15) is 5.26 Å². The number of aromatic nitrogens is 2. The number of nitrogens with one attached hydrogen (secondary N) is 1. The molecule has 0 saturated heterocycles. The normalized spacial score (nSPS) is 15.3. The third kappa shape index (κ3) is 4.00. The summed E-state index contributed by atoms with van der Waals surface area (Å²) in [6, 6.07) is 14.4. The van der Waals surface area contributed by atoms with Crippen LogP contribution in [0.4, 0.5) is 0 Å². The highest BCUT2D eigenvalue weighted by Gasteiger charge is 2.26. The molecule has 3 aromatic rings. The highest BCUT2D eigenvalue weighted by atomic mass is 32.2. The molecule has 148 valence electrons. The predicted octanol–water partition coefficient (Wildman–Crippen LogP) is 4.63. The van der Waals surface area contributed by atoms with E-state index in [0.717, 1.165) is 46.1 Å². The molecule has 29 heavy (non-hydrogen) atoms. The zero-order valence-electron chi connectivity index (χ0n) is 16.2. The summed E-state index contributed by atoms with van der Waals surface area (Å²) in [6.07, 6.45) is 2.01. The Morgan fingerprint density at radius 3 is 2.86 bits per heavy atom. The molecule has 1 aliphatic carbocycles. The minimum Gasteiger partial charge on any atom is -0.490 e. The van der Waals surface area contributed by atoms with Gasteiger partial charge in [-0.15, -0.1) is 10.2 Å². The summed E-state index contributed by atoms with van der Waals surface area (Å²) in [7, 11) is 0. The number of hydrogen-bond donors (Lipinski definition) is 2. The Hall–Kier alpha value is -2.44. The van der Waals surface area contributed by atoms with Gasteiger partial charge in [0.2, 0.25) is 0 Å². The van der Waals surface area contributed by atoms with E-state index >= 15 is 0 Å². The van der Waals surface area contributed by atoms with Crippen molar-refractivity contribution < 1.29 is 4.74 Å². The molecule has 0 spiro atoms. The van der Waals surface area contributed by atoms with Gasteiger partial charge in [0.15, 0.2) is 0 Å². The largest absolute Gasteiger partial charge is 0.490 e. The van der Waals surface area contributed by atoms with Gasteiger partial charge in [-0.1, -0.05) is 29.5 Å². The number of fused-ring (bicyclic) bond motifs is 1. The molecule has 2 aromatic carbocycles. The highest BCUT2D eigenvalue weighted by Crippen LogP contribution is 2.40. The van der Waals surface area contributed by atoms with Crippen molar-refractivity contribution in [3.05, 3.63) is 53.1 Å². The van der Waals surface area contributed by atoms with Crippen molar-refractivity contribution in [1.29, 1.82) is 5.26 Å². The Balaban J connectivity index is 1.66. The fraction of sp³-hybridized carbons (Fsp3) is 0.286. The smallest absolute Gasteiger partial charge is 0.148 e. The molecule has 0 bridgehead atoms. The van der Waals surface area contributed by atoms with Crippen LogP contribution in [0.2, 0.25) is 0 Å². The number of hydrogen-bond acceptors (Lipinski definition) is 8. The first kappa shape index (κ1) is 19.9. The Bertz CT molecular complexity index is 1070. The fourth-order valence-electron chi connectivity index (χ4n) is 3.62. The van der Waals surface area contributed by atoms with Crippen LogP contribution in [0.1, 0.15) is 43.0 Å². The van der Waals surface area contributed by atoms with E-state index in [2.05, 4.69) is 39.2 Å². The first-order valence-electron chi connectivity index (χ1n) is 9.38. The lowest BCUT2D eigenvalue weighted by Crippen LogP contribution is -2.13. The molecule has 1 aromatic heterocycles. The number of ether oxygens (including phenoxy) is 1. The topological polar surface area (TPSA) is 96.8 Å². The molecule has 0 amide bonds. The van der Waals surface area contributed by atoms with Crippen LogP contribution < -0.4 is 14.6 Å². The second-order valence-corrected chi connectivity index (χ2v) is 8.55.